The number of hydrogen-bond donors (Lipinski definition) is 1. The number of rotatable bonds is 4. The van der Waals surface area contributed by atoms with Gasteiger partial charge in [-0.05, 0) is 30.7 Å². The number of amides is 2. The minimum absolute atomic E-state index is 0.0638. The normalized spacial score (nSPS) is 14.1. The van der Waals surface area contributed by atoms with Crippen molar-refractivity contribution in [2.24, 2.45) is 0 Å². The van der Waals surface area contributed by atoms with E-state index in [0.717, 1.165) is 35.7 Å². The third kappa shape index (κ3) is 4.21. The smallest absolute Gasteiger partial charge is 0.321 e. The SMILES string of the molecule is CCc1nc(-c2ccc(N3CCN(C(=O)Nc4ccccc4C)CC3)nc2)no1. The van der Waals surface area contributed by atoms with E-state index in [2.05, 4.69) is 25.3 Å². The Morgan fingerprint density at radius 1 is 1.14 bits per heavy atom. The van der Waals surface area contributed by atoms with E-state index in [-0.39, 0.29) is 6.03 Å². The number of aromatic nitrogens is 3. The quantitative estimate of drug-likeness (QED) is 0.733. The van der Waals surface area contributed by atoms with Crippen LogP contribution in [-0.2, 0) is 6.42 Å². The van der Waals surface area contributed by atoms with Gasteiger partial charge in [-0.15, -0.1) is 0 Å². The molecule has 0 atom stereocenters. The Bertz CT molecular complexity index is 977. The lowest BCUT2D eigenvalue weighted by atomic mass is 10.2. The van der Waals surface area contributed by atoms with Crippen molar-refractivity contribution in [1.82, 2.24) is 20.0 Å². The molecule has 2 aromatic heterocycles. The number of hydrogen-bond acceptors (Lipinski definition) is 6. The van der Waals surface area contributed by atoms with E-state index in [1.54, 1.807) is 6.20 Å². The molecular weight excluding hydrogens is 368 g/mol. The minimum atomic E-state index is -0.0638. The van der Waals surface area contributed by atoms with Gasteiger partial charge in [-0.3, -0.25) is 0 Å². The Morgan fingerprint density at radius 3 is 2.59 bits per heavy atom. The summed E-state index contributed by atoms with van der Waals surface area (Å²) in [7, 11) is 0. The molecule has 0 aliphatic carbocycles. The molecule has 0 unspecified atom stereocenters. The van der Waals surface area contributed by atoms with Gasteiger partial charge in [0, 0.05) is 50.0 Å². The monoisotopic (exact) mass is 392 g/mol. The first-order chi connectivity index (χ1) is 14.1. The predicted molar refractivity (Wildman–Crippen MR) is 111 cm³/mol. The van der Waals surface area contributed by atoms with Crippen LogP contribution in [0.4, 0.5) is 16.3 Å². The summed E-state index contributed by atoms with van der Waals surface area (Å²) < 4.78 is 5.16. The van der Waals surface area contributed by atoms with Gasteiger partial charge in [-0.25, -0.2) is 9.78 Å². The molecule has 0 bridgehead atoms. The van der Waals surface area contributed by atoms with Crippen LogP contribution in [0.5, 0.6) is 0 Å². The average molecular weight is 392 g/mol. The number of pyridine rings is 1. The van der Waals surface area contributed by atoms with Crippen LogP contribution in [0.25, 0.3) is 11.4 Å². The molecular formula is C21H24N6O2. The van der Waals surface area contributed by atoms with Crippen LogP contribution < -0.4 is 10.2 Å². The molecule has 0 radical (unpaired) electrons. The third-order valence-corrected chi connectivity index (χ3v) is 5.05. The first-order valence-corrected chi connectivity index (χ1v) is 9.79. The number of anilines is 2. The molecule has 8 nitrogen and oxygen atoms in total. The maximum Gasteiger partial charge on any atom is 0.321 e. The van der Waals surface area contributed by atoms with Gasteiger partial charge < -0.3 is 19.6 Å². The van der Waals surface area contributed by atoms with E-state index >= 15 is 0 Å². The molecule has 0 spiro atoms. The highest BCUT2D eigenvalue weighted by Crippen LogP contribution is 2.20. The Hall–Kier alpha value is -3.42. The lowest BCUT2D eigenvalue weighted by Crippen LogP contribution is -2.50. The fourth-order valence-corrected chi connectivity index (χ4v) is 3.27. The summed E-state index contributed by atoms with van der Waals surface area (Å²) in [4.78, 5) is 25.4. The van der Waals surface area contributed by atoms with Crippen LogP contribution in [0.3, 0.4) is 0 Å². The Morgan fingerprint density at radius 2 is 1.93 bits per heavy atom. The second-order valence-corrected chi connectivity index (χ2v) is 6.99. The van der Waals surface area contributed by atoms with Crippen LogP contribution >= 0.6 is 0 Å². The van der Waals surface area contributed by atoms with Crippen molar-refractivity contribution >= 4 is 17.5 Å². The number of para-hydroxylation sites is 1. The van der Waals surface area contributed by atoms with E-state index in [1.165, 1.54) is 0 Å². The number of nitrogens with zero attached hydrogens (tertiary/aromatic N) is 5. The highest BCUT2D eigenvalue weighted by atomic mass is 16.5. The second kappa shape index (κ2) is 8.30. The van der Waals surface area contributed by atoms with E-state index < -0.39 is 0 Å². The number of urea groups is 1. The van der Waals surface area contributed by atoms with Crippen molar-refractivity contribution in [1.29, 1.82) is 0 Å². The van der Waals surface area contributed by atoms with E-state index in [0.29, 0.717) is 31.2 Å². The van der Waals surface area contributed by atoms with E-state index in [1.807, 2.05) is 55.1 Å². The molecule has 4 rings (SSSR count). The highest BCUT2D eigenvalue weighted by molar-refractivity contribution is 5.90. The maximum atomic E-state index is 12.5. The minimum Gasteiger partial charge on any atom is -0.353 e. The van der Waals surface area contributed by atoms with Crippen LogP contribution in [0.15, 0.2) is 47.1 Å². The van der Waals surface area contributed by atoms with E-state index in [9.17, 15) is 4.79 Å². The summed E-state index contributed by atoms with van der Waals surface area (Å²) in [6.45, 7) is 6.71. The fourth-order valence-electron chi connectivity index (χ4n) is 3.27. The van der Waals surface area contributed by atoms with Gasteiger partial charge in [0.05, 0.1) is 0 Å². The van der Waals surface area contributed by atoms with Crippen molar-refractivity contribution in [2.75, 3.05) is 36.4 Å². The number of aryl methyl sites for hydroxylation is 2. The van der Waals surface area contributed by atoms with Crippen molar-refractivity contribution in [3.63, 3.8) is 0 Å². The predicted octanol–water partition coefficient (Wildman–Crippen LogP) is 3.36. The van der Waals surface area contributed by atoms with Crippen LogP contribution in [0.1, 0.15) is 18.4 Å². The Labute approximate surface area is 169 Å². The standard InChI is InChI=1S/C21H24N6O2/c1-3-19-24-20(25-29-19)16-8-9-18(22-14-16)26-10-12-27(13-11-26)21(28)23-17-7-5-4-6-15(17)2/h4-9,14H,3,10-13H2,1-2H3,(H,23,28). The molecule has 8 heteroatoms. The average Bonchev–Trinajstić information content (AvgIpc) is 3.25. The molecule has 1 saturated heterocycles. The van der Waals surface area contributed by atoms with Gasteiger partial charge in [-0.1, -0.05) is 30.3 Å². The maximum absolute atomic E-state index is 12.5. The third-order valence-electron chi connectivity index (χ3n) is 5.05. The zero-order chi connectivity index (χ0) is 20.2. The summed E-state index contributed by atoms with van der Waals surface area (Å²) >= 11 is 0. The highest BCUT2D eigenvalue weighted by Gasteiger charge is 2.22. The summed E-state index contributed by atoms with van der Waals surface area (Å²) in [5, 5.41) is 6.98. The summed E-state index contributed by atoms with van der Waals surface area (Å²) in [5.74, 6) is 2.05. The number of nitrogens with one attached hydrogen (secondary N) is 1. The summed E-state index contributed by atoms with van der Waals surface area (Å²) in [5.41, 5.74) is 2.73. The topological polar surface area (TPSA) is 87.4 Å². The van der Waals surface area contributed by atoms with Crippen molar-refractivity contribution in [3.8, 4) is 11.4 Å². The number of carbonyl (C=O) groups excluding carboxylic acids is 1. The largest absolute Gasteiger partial charge is 0.353 e. The molecule has 3 aromatic rings. The van der Waals surface area contributed by atoms with E-state index in [4.69, 9.17) is 4.52 Å². The fraction of sp³-hybridized carbons (Fsp3) is 0.333. The lowest BCUT2D eigenvalue weighted by molar-refractivity contribution is 0.208. The molecule has 0 saturated carbocycles. The first kappa shape index (κ1) is 18.9. The molecule has 3 heterocycles. The van der Waals surface area contributed by atoms with Gasteiger partial charge in [-0.2, -0.15) is 4.98 Å². The summed E-state index contributed by atoms with van der Waals surface area (Å²) in [6.07, 6.45) is 2.47. The number of carbonyl (C=O) groups is 1. The Balaban J connectivity index is 1.34. The molecule has 1 aliphatic heterocycles. The first-order valence-electron chi connectivity index (χ1n) is 9.79. The van der Waals surface area contributed by atoms with Crippen molar-refractivity contribution in [3.05, 3.63) is 54.0 Å². The zero-order valence-corrected chi connectivity index (χ0v) is 16.6. The number of benzene rings is 1. The zero-order valence-electron chi connectivity index (χ0n) is 16.6. The lowest BCUT2D eigenvalue weighted by Gasteiger charge is -2.35. The number of piperazine rings is 1. The Kier molecular flexibility index (Phi) is 5.41. The molecule has 1 aliphatic rings. The van der Waals surface area contributed by atoms with Crippen LogP contribution in [0.2, 0.25) is 0 Å². The van der Waals surface area contributed by atoms with Gasteiger partial charge in [0.15, 0.2) is 0 Å². The van der Waals surface area contributed by atoms with Gasteiger partial charge in [0.1, 0.15) is 5.82 Å². The van der Waals surface area contributed by atoms with Crippen LogP contribution in [-0.4, -0.2) is 52.2 Å². The van der Waals surface area contributed by atoms with Gasteiger partial charge >= 0.3 is 6.03 Å². The molecule has 2 amide bonds. The van der Waals surface area contributed by atoms with Crippen molar-refractivity contribution in [2.45, 2.75) is 20.3 Å². The van der Waals surface area contributed by atoms with Crippen LogP contribution in [0, 0.1) is 6.92 Å². The van der Waals surface area contributed by atoms with Gasteiger partial charge in [0.2, 0.25) is 11.7 Å². The molecule has 1 N–H and O–H groups in total. The molecule has 29 heavy (non-hydrogen) atoms. The molecule has 1 aromatic carbocycles. The van der Waals surface area contributed by atoms with Gasteiger partial charge in [0.25, 0.3) is 0 Å². The molecule has 1 fully saturated rings. The molecule has 150 valence electrons. The summed E-state index contributed by atoms with van der Waals surface area (Å²) in [6, 6.07) is 11.6. The van der Waals surface area contributed by atoms with Crippen molar-refractivity contribution < 1.29 is 9.32 Å². The second-order valence-electron chi connectivity index (χ2n) is 6.99.